The van der Waals surface area contributed by atoms with E-state index in [0.29, 0.717) is 19.5 Å². The Bertz CT molecular complexity index is 1310. The summed E-state index contributed by atoms with van der Waals surface area (Å²) in [5, 5.41) is 12.8. The SMILES string of the molecule is Cc1cc(CN(Cc2ccc3occc3c2)C(=O)[C@H](Cn2cccn2)NC(=O)CC(C)(C)C)nn1C. The average molecular weight is 491 g/mol. The molecule has 9 nitrogen and oxygen atoms in total. The Morgan fingerprint density at radius 3 is 2.64 bits per heavy atom. The van der Waals surface area contributed by atoms with Crippen LogP contribution in [-0.2, 0) is 36.3 Å². The third-order valence-electron chi connectivity index (χ3n) is 5.97. The summed E-state index contributed by atoms with van der Waals surface area (Å²) in [6, 6.07) is 10.8. The zero-order valence-electron chi connectivity index (χ0n) is 21.6. The summed E-state index contributed by atoms with van der Waals surface area (Å²) in [6.07, 6.45) is 5.41. The summed E-state index contributed by atoms with van der Waals surface area (Å²) in [6.45, 7) is 8.88. The van der Waals surface area contributed by atoms with Gasteiger partial charge in [-0.2, -0.15) is 10.2 Å². The minimum atomic E-state index is -0.776. The standard InChI is InChI=1S/C27H34N6O3/c1-19-13-22(30-31(19)5)17-32(16-20-7-8-24-21(14-20)9-12-36-24)26(35)23(18-33-11-6-10-28-33)29-25(34)15-27(2,3)4/h6-14,23H,15-18H2,1-5H3,(H,29,34)/t23-/m0/s1. The molecule has 36 heavy (non-hydrogen) atoms. The topological polar surface area (TPSA) is 98.2 Å². The van der Waals surface area contributed by atoms with E-state index >= 15 is 0 Å². The second-order valence-corrected chi connectivity index (χ2v) is 10.5. The molecule has 1 aromatic carbocycles. The number of carbonyl (C=O) groups excluding carboxylic acids is 2. The first kappa shape index (κ1) is 25.2. The van der Waals surface area contributed by atoms with Crippen molar-refractivity contribution in [2.75, 3.05) is 0 Å². The lowest BCUT2D eigenvalue weighted by Crippen LogP contribution is -2.50. The molecule has 2 amide bonds. The number of nitrogens with zero attached hydrogens (tertiary/aromatic N) is 5. The van der Waals surface area contributed by atoms with E-state index in [1.165, 1.54) is 0 Å². The first-order valence-electron chi connectivity index (χ1n) is 12.1. The zero-order valence-corrected chi connectivity index (χ0v) is 21.6. The molecule has 0 fully saturated rings. The smallest absolute Gasteiger partial charge is 0.247 e. The maximum atomic E-state index is 14.0. The van der Waals surface area contributed by atoms with E-state index in [0.717, 1.165) is 27.9 Å². The van der Waals surface area contributed by atoms with E-state index in [1.807, 2.05) is 65.1 Å². The third kappa shape index (κ3) is 6.41. The van der Waals surface area contributed by atoms with Crippen molar-refractivity contribution in [3.63, 3.8) is 0 Å². The number of furan rings is 1. The fraction of sp³-hybridized carbons (Fsp3) is 0.407. The quantitative estimate of drug-likeness (QED) is 0.385. The normalized spacial score (nSPS) is 12.6. The summed E-state index contributed by atoms with van der Waals surface area (Å²) >= 11 is 0. The van der Waals surface area contributed by atoms with Crippen molar-refractivity contribution in [2.24, 2.45) is 12.5 Å². The second kappa shape index (κ2) is 10.4. The summed E-state index contributed by atoms with van der Waals surface area (Å²) in [7, 11) is 1.88. The van der Waals surface area contributed by atoms with Crippen LogP contribution >= 0.6 is 0 Å². The van der Waals surface area contributed by atoms with Gasteiger partial charge in [-0.05, 0) is 48.2 Å². The maximum absolute atomic E-state index is 14.0. The van der Waals surface area contributed by atoms with Crippen molar-refractivity contribution >= 4 is 22.8 Å². The van der Waals surface area contributed by atoms with Gasteiger partial charge in [0.1, 0.15) is 11.6 Å². The first-order chi connectivity index (χ1) is 17.1. The molecule has 0 radical (unpaired) electrons. The first-order valence-corrected chi connectivity index (χ1v) is 12.1. The Labute approximate surface area is 211 Å². The Morgan fingerprint density at radius 1 is 1.17 bits per heavy atom. The number of benzene rings is 1. The highest BCUT2D eigenvalue weighted by Crippen LogP contribution is 2.21. The largest absolute Gasteiger partial charge is 0.464 e. The van der Waals surface area contributed by atoms with Gasteiger partial charge < -0.3 is 14.6 Å². The number of fused-ring (bicyclic) bond motifs is 1. The van der Waals surface area contributed by atoms with Gasteiger partial charge in [0.15, 0.2) is 0 Å². The highest BCUT2D eigenvalue weighted by molar-refractivity contribution is 5.88. The van der Waals surface area contributed by atoms with E-state index in [9.17, 15) is 9.59 Å². The number of hydrogen-bond donors (Lipinski definition) is 1. The number of carbonyl (C=O) groups is 2. The Balaban J connectivity index is 1.63. The zero-order chi connectivity index (χ0) is 25.9. The molecule has 0 spiro atoms. The number of hydrogen-bond acceptors (Lipinski definition) is 5. The predicted molar refractivity (Wildman–Crippen MR) is 137 cm³/mol. The molecular formula is C27H34N6O3. The Morgan fingerprint density at radius 2 is 1.97 bits per heavy atom. The van der Waals surface area contributed by atoms with E-state index in [4.69, 9.17) is 4.42 Å². The van der Waals surface area contributed by atoms with Gasteiger partial charge in [0.25, 0.3) is 0 Å². The second-order valence-electron chi connectivity index (χ2n) is 10.5. The minimum Gasteiger partial charge on any atom is -0.464 e. The lowest BCUT2D eigenvalue weighted by Gasteiger charge is -2.28. The number of rotatable bonds is 9. The maximum Gasteiger partial charge on any atom is 0.247 e. The van der Waals surface area contributed by atoms with Crippen LogP contribution in [-0.4, -0.2) is 42.3 Å². The van der Waals surface area contributed by atoms with Crippen molar-refractivity contribution < 1.29 is 14.0 Å². The van der Waals surface area contributed by atoms with Crippen molar-refractivity contribution in [3.05, 3.63) is 72.0 Å². The van der Waals surface area contributed by atoms with Crippen LogP contribution in [0.1, 0.15) is 44.1 Å². The van der Waals surface area contributed by atoms with Gasteiger partial charge in [-0.15, -0.1) is 0 Å². The van der Waals surface area contributed by atoms with E-state index in [2.05, 4.69) is 15.5 Å². The van der Waals surface area contributed by atoms with Gasteiger partial charge in [0.05, 0.1) is 25.0 Å². The van der Waals surface area contributed by atoms with Crippen LogP contribution in [0, 0.1) is 12.3 Å². The van der Waals surface area contributed by atoms with Crippen molar-refractivity contribution in [1.82, 2.24) is 29.8 Å². The molecule has 0 aliphatic heterocycles. The molecule has 1 N–H and O–H groups in total. The van der Waals surface area contributed by atoms with E-state index in [-0.39, 0.29) is 23.8 Å². The molecule has 190 valence electrons. The molecule has 3 heterocycles. The molecule has 0 aliphatic rings. The number of nitrogens with one attached hydrogen (secondary N) is 1. The van der Waals surface area contributed by atoms with Crippen LogP contribution in [0.4, 0.5) is 0 Å². The minimum absolute atomic E-state index is 0.165. The Kier molecular flexibility index (Phi) is 7.28. The lowest BCUT2D eigenvalue weighted by molar-refractivity contribution is -0.138. The van der Waals surface area contributed by atoms with E-state index < -0.39 is 6.04 Å². The monoisotopic (exact) mass is 490 g/mol. The molecule has 0 unspecified atom stereocenters. The van der Waals surface area contributed by atoms with Crippen molar-refractivity contribution in [3.8, 4) is 0 Å². The highest BCUT2D eigenvalue weighted by Gasteiger charge is 2.29. The number of amides is 2. The summed E-state index contributed by atoms with van der Waals surface area (Å²) in [4.78, 5) is 28.6. The van der Waals surface area contributed by atoms with Crippen LogP contribution in [0.5, 0.6) is 0 Å². The molecule has 3 aromatic heterocycles. The van der Waals surface area contributed by atoms with E-state index in [1.54, 1.807) is 39.0 Å². The van der Waals surface area contributed by atoms with Crippen LogP contribution in [0.15, 0.2) is 59.5 Å². The fourth-order valence-corrected chi connectivity index (χ4v) is 4.18. The Hall–Kier alpha value is -3.88. The molecule has 4 rings (SSSR count). The molecule has 1 atom stereocenters. The fourth-order valence-electron chi connectivity index (χ4n) is 4.18. The lowest BCUT2D eigenvalue weighted by atomic mass is 9.92. The van der Waals surface area contributed by atoms with Crippen LogP contribution in [0.25, 0.3) is 11.0 Å². The van der Waals surface area contributed by atoms with Gasteiger partial charge in [0, 0.05) is 43.5 Å². The van der Waals surface area contributed by atoms with Gasteiger partial charge in [-0.3, -0.25) is 19.0 Å². The van der Waals surface area contributed by atoms with Gasteiger partial charge in [0.2, 0.25) is 11.8 Å². The number of aryl methyl sites for hydroxylation is 2. The molecule has 0 saturated carbocycles. The van der Waals surface area contributed by atoms with Gasteiger partial charge in [-0.25, -0.2) is 0 Å². The number of aromatic nitrogens is 4. The summed E-state index contributed by atoms with van der Waals surface area (Å²) < 4.78 is 8.93. The van der Waals surface area contributed by atoms with Crippen molar-refractivity contribution in [2.45, 2.75) is 59.8 Å². The molecule has 4 aromatic rings. The van der Waals surface area contributed by atoms with Crippen LogP contribution < -0.4 is 5.32 Å². The molecule has 0 bridgehead atoms. The van der Waals surface area contributed by atoms with Gasteiger partial charge >= 0.3 is 0 Å². The van der Waals surface area contributed by atoms with Crippen LogP contribution in [0.2, 0.25) is 0 Å². The molecule has 0 aliphatic carbocycles. The highest BCUT2D eigenvalue weighted by atomic mass is 16.3. The molecular weight excluding hydrogens is 456 g/mol. The van der Waals surface area contributed by atoms with Gasteiger partial charge in [-0.1, -0.05) is 26.8 Å². The van der Waals surface area contributed by atoms with Crippen molar-refractivity contribution in [1.29, 1.82) is 0 Å². The predicted octanol–water partition coefficient (Wildman–Crippen LogP) is 3.82. The molecule has 0 saturated heterocycles. The summed E-state index contributed by atoms with van der Waals surface area (Å²) in [5.41, 5.74) is 3.34. The van der Waals surface area contributed by atoms with Crippen LogP contribution in [0.3, 0.4) is 0 Å². The average Bonchev–Trinajstić information content (AvgIpc) is 3.53. The summed E-state index contributed by atoms with van der Waals surface area (Å²) in [5.74, 6) is -0.357. The molecule has 9 heteroatoms. The third-order valence-corrected chi connectivity index (χ3v) is 5.97.